The minimum atomic E-state index is -0.409. The summed E-state index contributed by atoms with van der Waals surface area (Å²) in [5.74, 6) is 2.48. The van der Waals surface area contributed by atoms with Gasteiger partial charge in [-0.1, -0.05) is 39.2 Å². The number of pyridine rings is 2. The van der Waals surface area contributed by atoms with Gasteiger partial charge in [-0.2, -0.15) is 10.2 Å². The molecule has 3 N–H and O–H groups in total. The van der Waals surface area contributed by atoms with E-state index in [4.69, 9.17) is 4.98 Å². The van der Waals surface area contributed by atoms with Crippen molar-refractivity contribution < 1.29 is 9.18 Å². The van der Waals surface area contributed by atoms with E-state index in [1.54, 1.807) is 18.3 Å². The van der Waals surface area contributed by atoms with Crippen LogP contribution in [0.5, 0.6) is 0 Å². The molecule has 0 saturated heterocycles. The average molecular weight is 571 g/mol. The minimum absolute atomic E-state index is 0.409. The Balaban J connectivity index is 0.000000254. The number of aryl methyl sites for hydroxylation is 2. The zero-order valence-corrected chi connectivity index (χ0v) is 24.7. The van der Waals surface area contributed by atoms with Gasteiger partial charge in [0.2, 0.25) is 6.41 Å². The highest BCUT2D eigenvalue weighted by Gasteiger charge is 2.17. The molecule has 0 unspecified atom stereocenters. The van der Waals surface area contributed by atoms with E-state index in [2.05, 4.69) is 61.6 Å². The fourth-order valence-corrected chi connectivity index (χ4v) is 4.22. The fourth-order valence-electron chi connectivity index (χ4n) is 4.22. The van der Waals surface area contributed by atoms with Crippen molar-refractivity contribution in [2.24, 2.45) is 0 Å². The molecule has 0 aliphatic heterocycles. The molecular weight excluding hydrogens is 531 g/mol. The Morgan fingerprint density at radius 2 is 1.82 bits per heavy atom. The number of amides is 1. The first-order valence-electron chi connectivity index (χ1n) is 13.5. The second-order valence-corrected chi connectivity index (χ2v) is 8.98. The normalized spacial score (nSPS) is 12.5. The maximum atomic E-state index is 12.7. The van der Waals surface area contributed by atoms with E-state index in [0.29, 0.717) is 24.7 Å². The van der Waals surface area contributed by atoms with Gasteiger partial charge in [0.05, 0.1) is 12.4 Å². The first kappa shape index (κ1) is 32.4. The summed E-state index contributed by atoms with van der Waals surface area (Å²) in [7, 11) is 0. The number of hydrogen-bond donors (Lipinski definition) is 3. The van der Waals surface area contributed by atoms with Crippen LogP contribution in [0.15, 0.2) is 48.9 Å². The molecule has 1 aliphatic carbocycles. The molecule has 1 fully saturated rings. The number of alkyl halides is 1. The summed E-state index contributed by atoms with van der Waals surface area (Å²) < 4.78 is 14.0. The third-order valence-electron chi connectivity index (χ3n) is 5.96. The number of H-pyrrole nitrogens is 1. The van der Waals surface area contributed by atoms with Crippen molar-refractivity contribution in [3.8, 4) is 5.82 Å². The van der Waals surface area contributed by atoms with E-state index in [-0.39, 0.29) is 0 Å². The Bertz CT molecular complexity index is 1270. The summed E-state index contributed by atoms with van der Waals surface area (Å²) in [6.45, 7) is 8.55. The molecule has 9 nitrogen and oxygen atoms in total. The van der Waals surface area contributed by atoms with E-state index in [0.717, 1.165) is 29.1 Å². The van der Waals surface area contributed by atoms with E-state index < -0.39 is 5.82 Å². The van der Waals surface area contributed by atoms with Crippen LogP contribution in [0.25, 0.3) is 5.82 Å². The molecule has 4 heterocycles. The fraction of sp³-hybridized carbons (Fsp3) is 0.414. The molecule has 0 radical (unpaired) electrons. The molecular formula is C29H40ClFN8O. The largest absolute Gasteiger partial charge is 0.355 e. The lowest BCUT2D eigenvalue weighted by molar-refractivity contribution is -0.109. The van der Waals surface area contributed by atoms with Gasteiger partial charge in [-0.3, -0.25) is 9.89 Å². The molecule has 0 atom stereocenters. The second-order valence-electron chi connectivity index (χ2n) is 8.98. The molecule has 1 saturated carbocycles. The first-order valence-corrected chi connectivity index (χ1v) is 14.2. The minimum Gasteiger partial charge on any atom is -0.355 e. The topological polar surface area (TPSA) is 113 Å². The SMILES string of the molecule is CC.CCl.Cc1cc(Nc2cc(C)[nH]n2)nc(C2CCCCC2)c1.O=CNCc1ccc(-n2cc(F)cn2)nc1. The maximum Gasteiger partial charge on any atom is 0.207 e. The number of carbonyl (C=O) groups is 1. The molecule has 11 heteroatoms. The molecule has 4 aromatic rings. The van der Waals surface area contributed by atoms with Crippen LogP contribution in [0, 0.1) is 19.7 Å². The first-order chi connectivity index (χ1) is 19.5. The number of rotatable bonds is 7. The second kappa shape index (κ2) is 17.7. The Kier molecular flexibility index (Phi) is 14.4. The standard InChI is InChI=1S/C16H22N4.C10H9FN4O.C2H6.CH3Cl/c1-11-8-14(13-6-4-3-5-7-13)17-15(9-11)18-16-10-12(2)19-20-16;11-9-5-14-15(6-9)10-2-1-8(4-13-10)3-12-7-16;2*1-2/h8-10,13H,3-7H2,1-2H3,(H2,17,18,19,20);1-2,4-7H,3H2,(H,12,16);1-2H3;1H3. The summed E-state index contributed by atoms with van der Waals surface area (Å²) in [5, 5.41) is 16.7. The number of aromatic nitrogens is 6. The smallest absolute Gasteiger partial charge is 0.207 e. The zero-order chi connectivity index (χ0) is 29.3. The Hall–Kier alpha value is -3.79. The van der Waals surface area contributed by atoms with Crippen LogP contribution in [0.3, 0.4) is 0 Å². The molecule has 1 amide bonds. The van der Waals surface area contributed by atoms with Crippen molar-refractivity contribution >= 4 is 29.6 Å². The van der Waals surface area contributed by atoms with Crippen LogP contribution in [-0.4, -0.2) is 42.7 Å². The number of anilines is 2. The Labute approximate surface area is 241 Å². The molecule has 5 rings (SSSR count). The molecule has 0 aromatic carbocycles. The van der Waals surface area contributed by atoms with Gasteiger partial charge in [-0.15, -0.1) is 11.6 Å². The monoisotopic (exact) mass is 570 g/mol. The summed E-state index contributed by atoms with van der Waals surface area (Å²) >= 11 is 4.64. The molecule has 4 aromatic heterocycles. The van der Waals surface area contributed by atoms with Gasteiger partial charge in [0.25, 0.3) is 0 Å². The zero-order valence-electron chi connectivity index (χ0n) is 23.9. The number of nitrogens with one attached hydrogen (secondary N) is 3. The lowest BCUT2D eigenvalue weighted by Crippen LogP contribution is -2.10. The lowest BCUT2D eigenvalue weighted by Gasteiger charge is -2.22. The van der Waals surface area contributed by atoms with Gasteiger partial charge < -0.3 is 10.6 Å². The summed E-state index contributed by atoms with van der Waals surface area (Å²) in [6.07, 6.45) is 12.6. The highest BCUT2D eigenvalue weighted by molar-refractivity contribution is 6.15. The highest BCUT2D eigenvalue weighted by atomic mass is 35.5. The van der Waals surface area contributed by atoms with Gasteiger partial charge in [0.1, 0.15) is 5.82 Å². The summed E-state index contributed by atoms with van der Waals surface area (Å²) in [4.78, 5) is 19.0. The predicted molar refractivity (Wildman–Crippen MR) is 159 cm³/mol. The molecule has 40 heavy (non-hydrogen) atoms. The van der Waals surface area contributed by atoms with Crippen molar-refractivity contribution in [1.29, 1.82) is 0 Å². The van der Waals surface area contributed by atoms with E-state index in [1.807, 2.05) is 26.8 Å². The van der Waals surface area contributed by atoms with Gasteiger partial charge >= 0.3 is 0 Å². The molecule has 0 bridgehead atoms. The van der Waals surface area contributed by atoms with Crippen LogP contribution in [0.2, 0.25) is 0 Å². The molecule has 1 aliphatic rings. The third-order valence-corrected chi connectivity index (χ3v) is 5.96. The highest BCUT2D eigenvalue weighted by Crippen LogP contribution is 2.32. The number of nitrogens with zero attached hydrogens (tertiary/aromatic N) is 5. The van der Waals surface area contributed by atoms with Gasteiger partial charge in [-0.05, 0) is 56.0 Å². The molecule has 0 spiro atoms. The number of hydrogen-bond acceptors (Lipinski definition) is 6. The van der Waals surface area contributed by atoms with E-state index in [1.165, 1.54) is 60.6 Å². The van der Waals surface area contributed by atoms with Crippen LogP contribution < -0.4 is 10.6 Å². The van der Waals surface area contributed by atoms with Crippen LogP contribution in [0.4, 0.5) is 16.0 Å². The predicted octanol–water partition coefficient (Wildman–Crippen LogP) is 6.75. The van der Waals surface area contributed by atoms with Crippen molar-refractivity contribution in [1.82, 2.24) is 35.3 Å². The average Bonchev–Trinajstić information content (AvgIpc) is 3.62. The number of carbonyl (C=O) groups excluding carboxylic acids is 1. The van der Waals surface area contributed by atoms with Crippen molar-refractivity contribution in [2.75, 3.05) is 11.7 Å². The van der Waals surface area contributed by atoms with Crippen LogP contribution in [-0.2, 0) is 11.3 Å². The summed E-state index contributed by atoms with van der Waals surface area (Å²) in [6, 6.07) is 9.80. The van der Waals surface area contributed by atoms with Crippen LogP contribution >= 0.6 is 11.6 Å². The lowest BCUT2D eigenvalue weighted by atomic mass is 9.86. The molecule has 216 valence electrons. The maximum absolute atomic E-state index is 12.7. The van der Waals surface area contributed by atoms with Gasteiger partial charge in [0, 0.05) is 42.5 Å². The Morgan fingerprint density at radius 1 is 1.07 bits per heavy atom. The third kappa shape index (κ3) is 10.4. The van der Waals surface area contributed by atoms with Crippen molar-refractivity contribution in [2.45, 2.75) is 72.3 Å². The van der Waals surface area contributed by atoms with Gasteiger partial charge in [0.15, 0.2) is 17.5 Å². The quantitative estimate of drug-likeness (QED) is 0.167. The number of aromatic amines is 1. The summed E-state index contributed by atoms with van der Waals surface area (Å²) in [5.41, 5.74) is 4.41. The van der Waals surface area contributed by atoms with E-state index >= 15 is 0 Å². The van der Waals surface area contributed by atoms with Crippen molar-refractivity contribution in [3.05, 3.63) is 77.3 Å². The number of halogens is 2. The van der Waals surface area contributed by atoms with Crippen molar-refractivity contribution in [3.63, 3.8) is 0 Å². The van der Waals surface area contributed by atoms with Crippen LogP contribution in [0.1, 0.15) is 74.4 Å². The van der Waals surface area contributed by atoms with Gasteiger partial charge in [-0.25, -0.2) is 19.0 Å². The Morgan fingerprint density at radius 3 is 2.40 bits per heavy atom. The van der Waals surface area contributed by atoms with E-state index in [9.17, 15) is 9.18 Å².